The molecule has 0 heterocycles. The molecular weight excluding hydrogens is 278 g/mol. The van der Waals surface area contributed by atoms with E-state index < -0.39 is 29.0 Å². The van der Waals surface area contributed by atoms with Crippen LogP contribution in [0.3, 0.4) is 0 Å². The summed E-state index contributed by atoms with van der Waals surface area (Å²) in [4.78, 5) is 11.6. The van der Waals surface area contributed by atoms with E-state index in [0.717, 1.165) is 0 Å². The van der Waals surface area contributed by atoms with Crippen molar-refractivity contribution in [2.75, 3.05) is 13.2 Å². The third kappa shape index (κ3) is 4.80. The molecule has 1 rings (SSSR count). The minimum Gasteiger partial charge on any atom is -0.377 e. The topological polar surface area (TPSA) is 38.3 Å². The first-order chi connectivity index (χ1) is 9.21. The predicted molar refractivity (Wildman–Crippen MR) is 64.8 cm³/mol. The summed E-state index contributed by atoms with van der Waals surface area (Å²) in [5.41, 5.74) is -1.70. The van der Waals surface area contributed by atoms with Gasteiger partial charge in [-0.15, -0.1) is 0 Å². The average Bonchev–Trinajstić information content (AvgIpc) is 2.33. The number of carbonyl (C=O) groups excluding carboxylic acids is 1. The van der Waals surface area contributed by atoms with Crippen molar-refractivity contribution in [2.45, 2.75) is 26.1 Å². The number of hydrogen-bond donors (Lipinski definition) is 1. The van der Waals surface area contributed by atoms with E-state index in [2.05, 4.69) is 5.32 Å². The van der Waals surface area contributed by atoms with Gasteiger partial charge in [-0.25, -0.2) is 4.39 Å². The maximum Gasteiger partial charge on any atom is 0.416 e. The molecule has 1 N–H and O–H groups in total. The first-order valence-corrected chi connectivity index (χ1v) is 5.98. The molecule has 112 valence electrons. The SMILES string of the molecule is CC(C)OCCNC(=O)c1cc(C(F)(F)F)ccc1F. The molecule has 0 saturated carbocycles. The van der Waals surface area contributed by atoms with Crippen molar-refractivity contribution in [1.82, 2.24) is 5.32 Å². The Labute approximate surface area is 113 Å². The lowest BCUT2D eigenvalue weighted by Crippen LogP contribution is -2.29. The molecule has 0 bridgehead atoms. The molecule has 20 heavy (non-hydrogen) atoms. The van der Waals surface area contributed by atoms with Crippen LogP contribution in [-0.2, 0) is 10.9 Å². The zero-order chi connectivity index (χ0) is 15.3. The molecule has 1 aromatic rings. The smallest absolute Gasteiger partial charge is 0.377 e. The molecule has 1 aromatic carbocycles. The van der Waals surface area contributed by atoms with Gasteiger partial charge in [0.05, 0.1) is 23.8 Å². The van der Waals surface area contributed by atoms with Crippen LogP contribution in [0, 0.1) is 5.82 Å². The molecule has 0 atom stereocenters. The summed E-state index contributed by atoms with van der Waals surface area (Å²) in [5.74, 6) is -1.90. The van der Waals surface area contributed by atoms with Gasteiger partial charge >= 0.3 is 6.18 Å². The second-order valence-electron chi connectivity index (χ2n) is 4.37. The molecule has 0 spiro atoms. The van der Waals surface area contributed by atoms with Gasteiger partial charge in [0.1, 0.15) is 5.82 Å². The molecule has 0 aliphatic rings. The van der Waals surface area contributed by atoms with Crippen LogP contribution in [-0.4, -0.2) is 25.2 Å². The van der Waals surface area contributed by atoms with Gasteiger partial charge in [-0.2, -0.15) is 13.2 Å². The van der Waals surface area contributed by atoms with Gasteiger partial charge in [-0.05, 0) is 32.0 Å². The van der Waals surface area contributed by atoms with Gasteiger partial charge in [0, 0.05) is 6.54 Å². The lowest BCUT2D eigenvalue weighted by molar-refractivity contribution is -0.137. The van der Waals surface area contributed by atoms with Crippen LogP contribution >= 0.6 is 0 Å². The van der Waals surface area contributed by atoms with Crippen molar-refractivity contribution >= 4 is 5.91 Å². The quantitative estimate of drug-likeness (QED) is 0.669. The second-order valence-corrected chi connectivity index (χ2v) is 4.37. The zero-order valence-corrected chi connectivity index (χ0v) is 11.1. The number of amides is 1. The van der Waals surface area contributed by atoms with Crippen molar-refractivity contribution in [3.63, 3.8) is 0 Å². The van der Waals surface area contributed by atoms with Crippen LogP contribution in [0.1, 0.15) is 29.8 Å². The standard InChI is InChI=1S/C13H15F4NO2/c1-8(2)20-6-5-18-12(19)10-7-9(13(15,16)17)3-4-11(10)14/h3-4,7-8H,5-6H2,1-2H3,(H,18,19). The van der Waals surface area contributed by atoms with Crippen LogP contribution in [0.25, 0.3) is 0 Å². The number of rotatable bonds is 5. The van der Waals surface area contributed by atoms with Gasteiger partial charge in [-0.1, -0.05) is 0 Å². The minimum absolute atomic E-state index is 0.0304. The maximum absolute atomic E-state index is 13.4. The third-order valence-corrected chi connectivity index (χ3v) is 2.38. The third-order valence-electron chi connectivity index (χ3n) is 2.38. The van der Waals surface area contributed by atoms with Crippen molar-refractivity contribution in [2.24, 2.45) is 0 Å². The normalized spacial score (nSPS) is 11.8. The molecular formula is C13H15F4NO2. The molecule has 0 saturated heterocycles. The minimum atomic E-state index is -4.62. The van der Waals surface area contributed by atoms with E-state index in [1.807, 2.05) is 0 Å². The van der Waals surface area contributed by atoms with Gasteiger partial charge < -0.3 is 10.1 Å². The highest BCUT2D eigenvalue weighted by Gasteiger charge is 2.31. The Hall–Kier alpha value is -1.63. The van der Waals surface area contributed by atoms with Crippen LogP contribution in [0.2, 0.25) is 0 Å². The molecule has 0 aromatic heterocycles. The molecule has 0 aliphatic carbocycles. The van der Waals surface area contributed by atoms with E-state index in [1.54, 1.807) is 13.8 Å². The van der Waals surface area contributed by atoms with Crippen LogP contribution in [0.4, 0.5) is 17.6 Å². The fourth-order valence-corrected chi connectivity index (χ4v) is 1.43. The van der Waals surface area contributed by atoms with Gasteiger partial charge in [0.15, 0.2) is 0 Å². The Bertz CT molecular complexity index is 472. The Morgan fingerprint density at radius 1 is 1.35 bits per heavy atom. The number of nitrogens with one attached hydrogen (secondary N) is 1. The summed E-state index contributed by atoms with van der Waals surface area (Å²) in [6.07, 6.45) is -4.65. The average molecular weight is 293 g/mol. The molecule has 0 unspecified atom stereocenters. The fourth-order valence-electron chi connectivity index (χ4n) is 1.43. The van der Waals surface area contributed by atoms with E-state index in [0.29, 0.717) is 18.2 Å². The zero-order valence-electron chi connectivity index (χ0n) is 11.1. The first-order valence-electron chi connectivity index (χ1n) is 5.98. The van der Waals surface area contributed by atoms with Crippen molar-refractivity contribution in [1.29, 1.82) is 0 Å². The fraction of sp³-hybridized carbons (Fsp3) is 0.462. The predicted octanol–water partition coefficient (Wildman–Crippen LogP) is 3.00. The molecule has 3 nitrogen and oxygen atoms in total. The highest BCUT2D eigenvalue weighted by Crippen LogP contribution is 2.30. The monoisotopic (exact) mass is 293 g/mol. The summed E-state index contributed by atoms with van der Waals surface area (Å²) < 4.78 is 56.0. The van der Waals surface area contributed by atoms with E-state index in [1.165, 1.54) is 0 Å². The van der Waals surface area contributed by atoms with Crippen LogP contribution in [0.5, 0.6) is 0 Å². The summed E-state index contributed by atoms with van der Waals surface area (Å²) in [5, 5.41) is 2.30. The summed E-state index contributed by atoms with van der Waals surface area (Å²) in [7, 11) is 0. The highest BCUT2D eigenvalue weighted by molar-refractivity contribution is 5.94. The number of alkyl halides is 3. The van der Waals surface area contributed by atoms with Gasteiger partial charge in [0.2, 0.25) is 0 Å². The van der Waals surface area contributed by atoms with Crippen molar-refractivity contribution < 1.29 is 27.1 Å². The lowest BCUT2D eigenvalue weighted by atomic mass is 10.1. The van der Waals surface area contributed by atoms with E-state index >= 15 is 0 Å². The Morgan fingerprint density at radius 2 is 2.00 bits per heavy atom. The molecule has 0 fully saturated rings. The van der Waals surface area contributed by atoms with Crippen LogP contribution < -0.4 is 5.32 Å². The summed E-state index contributed by atoms with van der Waals surface area (Å²) >= 11 is 0. The van der Waals surface area contributed by atoms with Gasteiger partial charge in [-0.3, -0.25) is 4.79 Å². The molecule has 7 heteroatoms. The largest absolute Gasteiger partial charge is 0.416 e. The van der Waals surface area contributed by atoms with Gasteiger partial charge in [0.25, 0.3) is 5.91 Å². The van der Waals surface area contributed by atoms with Crippen molar-refractivity contribution in [3.05, 3.63) is 35.1 Å². The first kappa shape index (κ1) is 16.4. The number of carbonyl (C=O) groups is 1. The van der Waals surface area contributed by atoms with Crippen LogP contribution in [0.15, 0.2) is 18.2 Å². The maximum atomic E-state index is 13.4. The highest BCUT2D eigenvalue weighted by atomic mass is 19.4. The van der Waals surface area contributed by atoms with Crippen molar-refractivity contribution in [3.8, 4) is 0 Å². The molecule has 1 amide bonds. The summed E-state index contributed by atoms with van der Waals surface area (Å²) in [6, 6.07) is 1.71. The molecule has 0 radical (unpaired) electrons. The number of halogens is 4. The lowest BCUT2D eigenvalue weighted by Gasteiger charge is -2.11. The van der Waals surface area contributed by atoms with E-state index in [4.69, 9.17) is 4.74 Å². The molecule has 0 aliphatic heterocycles. The number of ether oxygens (including phenoxy) is 1. The number of benzene rings is 1. The Morgan fingerprint density at radius 3 is 2.55 bits per heavy atom. The van der Waals surface area contributed by atoms with E-state index in [-0.39, 0.29) is 19.3 Å². The Balaban J connectivity index is 2.72. The van der Waals surface area contributed by atoms with E-state index in [9.17, 15) is 22.4 Å². The second kappa shape index (κ2) is 6.69. The Kier molecular flexibility index (Phi) is 5.50. The summed E-state index contributed by atoms with van der Waals surface area (Å²) in [6.45, 7) is 3.89. The number of hydrogen-bond acceptors (Lipinski definition) is 2.